The Morgan fingerprint density at radius 3 is 2.46 bits per heavy atom. The van der Waals surface area contributed by atoms with E-state index in [0.717, 1.165) is 18.2 Å². The average Bonchev–Trinajstić information content (AvgIpc) is 2.76. The standard InChI is InChI=1S/C22H16Cl2F3N3O4S/c1-3-20(31)29-13-4-7-19(17(24)9-13)34-21-18(8-12(2)11-28-21)30-35(32,33)14-5-6-16(23)15(10-14)22(25,26)27/h3-11,30H,1H2,2H3,(H,29,31). The smallest absolute Gasteiger partial charge is 0.417 e. The minimum absolute atomic E-state index is 0.0653. The number of rotatable bonds is 7. The molecule has 1 heterocycles. The molecule has 184 valence electrons. The number of aromatic nitrogens is 1. The summed E-state index contributed by atoms with van der Waals surface area (Å²) in [6.45, 7) is 4.97. The van der Waals surface area contributed by atoms with Crippen LogP contribution >= 0.6 is 23.2 Å². The fourth-order valence-corrected chi connectivity index (χ4v) is 4.28. The first-order valence-corrected chi connectivity index (χ1v) is 11.8. The van der Waals surface area contributed by atoms with Gasteiger partial charge < -0.3 is 10.1 Å². The number of nitrogens with zero attached hydrogens (tertiary/aromatic N) is 1. The van der Waals surface area contributed by atoms with E-state index in [4.69, 9.17) is 27.9 Å². The van der Waals surface area contributed by atoms with Crippen LogP contribution in [-0.2, 0) is 21.0 Å². The molecule has 2 aromatic carbocycles. The van der Waals surface area contributed by atoms with Crippen LogP contribution in [0.5, 0.6) is 11.6 Å². The summed E-state index contributed by atoms with van der Waals surface area (Å²) in [5, 5.41) is 1.94. The van der Waals surface area contributed by atoms with Gasteiger partial charge in [-0.25, -0.2) is 13.4 Å². The lowest BCUT2D eigenvalue weighted by Gasteiger charge is -2.15. The minimum Gasteiger partial charge on any atom is -0.435 e. The van der Waals surface area contributed by atoms with Crippen molar-refractivity contribution in [2.24, 2.45) is 0 Å². The summed E-state index contributed by atoms with van der Waals surface area (Å²) in [7, 11) is -4.50. The van der Waals surface area contributed by atoms with Gasteiger partial charge in [0, 0.05) is 11.9 Å². The van der Waals surface area contributed by atoms with Gasteiger partial charge in [-0.2, -0.15) is 13.2 Å². The van der Waals surface area contributed by atoms with Crippen molar-refractivity contribution in [2.75, 3.05) is 10.0 Å². The molecule has 0 bridgehead atoms. The predicted molar refractivity (Wildman–Crippen MR) is 127 cm³/mol. The normalized spacial score (nSPS) is 11.6. The zero-order chi connectivity index (χ0) is 26.0. The van der Waals surface area contributed by atoms with Crippen molar-refractivity contribution in [2.45, 2.75) is 18.0 Å². The summed E-state index contributed by atoms with van der Waals surface area (Å²) in [6.07, 6.45) is -2.38. The van der Waals surface area contributed by atoms with E-state index < -0.39 is 37.6 Å². The number of alkyl halides is 3. The number of amides is 1. The Labute approximate surface area is 208 Å². The molecule has 1 amide bonds. The molecule has 0 aliphatic heterocycles. The number of hydrogen-bond acceptors (Lipinski definition) is 5. The summed E-state index contributed by atoms with van der Waals surface area (Å²) in [4.78, 5) is 14.8. The highest BCUT2D eigenvalue weighted by atomic mass is 35.5. The molecule has 0 atom stereocenters. The summed E-state index contributed by atoms with van der Waals surface area (Å²) >= 11 is 11.8. The van der Waals surface area contributed by atoms with Crippen molar-refractivity contribution in [3.05, 3.63) is 82.5 Å². The molecule has 0 aliphatic carbocycles. The SMILES string of the molecule is C=CC(=O)Nc1ccc(Oc2ncc(C)cc2NS(=O)(=O)c2ccc(Cl)c(C(F)(F)F)c2)c(Cl)c1. The van der Waals surface area contributed by atoms with E-state index in [9.17, 15) is 26.4 Å². The second-order valence-corrected chi connectivity index (χ2v) is 9.55. The van der Waals surface area contributed by atoms with Gasteiger partial charge >= 0.3 is 6.18 Å². The van der Waals surface area contributed by atoms with Gasteiger partial charge in [-0.05, 0) is 61.0 Å². The van der Waals surface area contributed by atoms with Crippen molar-refractivity contribution in [3.63, 3.8) is 0 Å². The second kappa shape index (κ2) is 10.1. The molecule has 0 aliphatic rings. The lowest BCUT2D eigenvalue weighted by molar-refractivity contribution is -0.137. The fraction of sp³-hybridized carbons (Fsp3) is 0.0909. The molecule has 7 nitrogen and oxygen atoms in total. The van der Waals surface area contributed by atoms with Gasteiger partial charge in [0.15, 0.2) is 0 Å². The molecule has 0 radical (unpaired) electrons. The Bertz CT molecular complexity index is 1410. The van der Waals surface area contributed by atoms with E-state index in [1.165, 1.54) is 30.5 Å². The first-order valence-electron chi connectivity index (χ1n) is 9.57. The molecule has 3 rings (SSSR count). The molecule has 0 saturated carbocycles. The maximum absolute atomic E-state index is 13.2. The largest absolute Gasteiger partial charge is 0.435 e. The first-order chi connectivity index (χ1) is 16.3. The van der Waals surface area contributed by atoms with Gasteiger partial charge in [0.1, 0.15) is 11.4 Å². The van der Waals surface area contributed by atoms with Gasteiger partial charge in [0.2, 0.25) is 11.8 Å². The highest BCUT2D eigenvalue weighted by Gasteiger charge is 2.34. The Morgan fingerprint density at radius 1 is 1.11 bits per heavy atom. The molecule has 1 aromatic heterocycles. The number of carbonyl (C=O) groups excluding carboxylic acids is 1. The number of carbonyl (C=O) groups is 1. The van der Waals surface area contributed by atoms with E-state index in [-0.39, 0.29) is 22.3 Å². The molecule has 0 saturated heterocycles. The number of hydrogen-bond donors (Lipinski definition) is 2. The van der Waals surface area contributed by atoms with Crippen molar-refractivity contribution >= 4 is 50.5 Å². The maximum atomic E-state index is 13.2. The minimum atomic E-state index is -4.85. The number of nitrogens with one attached hydrogen (secondary N) is 2. The monoisotopic (exact) mass is 545 g/mol. The zero-order valence-electron chi connectivity index (χ0n) is 17.8. The Hall–Kier alpha value is -3.28. The Kier molecular flexibility index (Phi) is 7.63. The molecule has 0 spiro atoms. The van der Waals surface area contributed by atoms with E-state index >= 15 is 0 Å². The molecule has 35 heavy (non-hydrogen) atoms. The molecule has 0 unspecified atom stereocenters. The van der Waals surface area contributed by atoms with Crippen molar-refractivity contribution < 1.29 is 31.1 Å². The third kappa shape index (κ3) is 6.44. The number of halogens is 5. The van der Waals surface area contributed by atoms with Crippen molar-refractivity contribution in [1.29, 1.82) is 0 Å². The number of anilines is 2. The highest BCUT2D eigenvalue weighted by molar-refractivity contribution is 7.92. The summed E-state index contributed by atoms with van der Waals surface area (Å²) in [6, 6.07) is 7.88. The first kappa shape index (κ1) is 26.3. The van der Waals surface area contributed by atoms with Gasteiger partial charge in [-0.1, -0.05) is 29.8 Å². The lowest BCUT2D eigenvalue weighted by atomic mass is 10.2. The van der Waals surface area contributed by atoms with Gasteiger partial charge in [0.05, 0.1) is 20.5 Å². The van der Waals surface area contributed by atoms with Gasteiger partial charge in [-0.3, -0.25) is 9.52 Å². The number of benzene rings is 2. The van der Waals surface area contributed by atoms with Crippen LogP contribution in [0.15, 0.2) is 66.2 Å². The van der Waals surface area contributed by atoms with Gasteiger partial charge in [0.25, 0.3) is 10.0 Å². The van der Waals surface area contributed by atoms with Crippen LogP contribution in [0.1, 0.15) is 11.1 Å². The zero-order valence-corrected chi connectivity index (χ0v) is 20.1. The third-order valence-electron chi connectivity index (χ3n) is 4.38. The molecule has 2 N–H and O–H groups in total. The fourth-order valence-electron chi connectivity index (χ4n) is 2.76. The second-order valence-electron chi connectivity index (χ2n) is 7.05. The van der Waals surface area contributed by atoms with E-state index in [1.807, 2.05) is 0 Å². The van der Waals surface area contributed by atoms with Crippen LogP contribution in [0, 0.1) is 6.92 Å². The summed E-state index contributed by atoms with van der Waals surface area (Å²) < 4.78 is 73.2. The molecular formula is C22H16Cl2F3N3O4S. The topological polar surface area (TPSA) is 97.4 Å². The van der Waals surface area contributed by atoms with Crippen LogP contribution in [0.2, 0.25) is 10.0 Å². The van der Waals surface area contributed by atoms with E-state index in [2.05, 4.69) is 21.6 Å². The summed E-state index contributed by atoms with van der Waals surface area (Å²) in [5.41, 5.74) is -0.547. The maximum Gasteiger partial charge on any atom is 0.417 e. The van der Waals surface area contributed by atoms with E-state index in [1.54, 1.807) is 6.92 Å². The van der Waals surface area contributed by atoms with Gasteiger partial charge in [-0.15, -0.1) is 0 Å². The van der Waals surface area contributed by atoms with Crippen LogP contribution in [0.3, 0.4) is 0 Å². The molecule has 0 fully saturated rings. The molecule has 13 heteroatoms. The average molecular weight is 546 g/mol. The third-order valence-corrected chi connectivity index (χ3v) is 6.37. The van der Waals surface area contributed by atoms with E-state index in [0.29, 0.717) is 17.3 Å². The highest BCUT2D eigenvalue weighted by Crippen LogP contribution is 2.38. The number of pyridine rings is 1. The number of sulfonamides is 1. The van der Waals surface area contributed by atoms with Crippen LogP contribution in [-0.4, -0.2) is 19.3 Å². The molecular weight excluding hydrogens is 530 g/mol. The number of ether oxygens (including phenoxy) is 1. The Morgan fingerprint density at radius 2 is 1.83 bits per heavy atom. The molecule has 3 aromatic rings. The lowest BCUT2D eigenvalue weighted by Crippen LogP contribution is -2.16. The van der Waals surface area contributed by atoms with Crippen molar-refractivity contribution in [3.8, 4) is 11.6 Å². The van der Waals surface area contributed by atoms with Crippen LogP contribution < -0.4 is 14.8 Å². The van der Waals surface area contributed by atoms with Crippen LogP contribution in [0.4, 0.5) is 24.5 Å². The Balaban J connectivity index is 1.94. The predicted octanol–water partition coefficient (Wildman–Crippen LogP) is 6.43. The quantitative estimate of drug-likeness (QED) is 0.333. The van der Waals surface area contributed by atoms with Crippen molar-refractivity contribution in [1.82, 2.24) is 4.98 Å². The summed E-state index contributed by atoms with van der Waals surface area (Å²) in [5.74, 6) is -0.595. The number of aryl methyl sites for hydroxylation is 1. The van der Waals surface area contributed by atoms with Crippen LogP contribution in [0.25, 0.3) is 0 Å².